The van der Waals surface area contributed by atoms with Gasteiger partial charge in [0, 0.05) is 20.8 Å². The lowest BCUT2D eigenvalue weighted by molar-refractivity contribution is 0.0518. The molecule has 0 aliphatic heterocycles. The minimum absolute atomic E-state index is 0.0298. The van der Waals surface area contributed by atoms with Crippen LogP contribution in [0.3, 0.4) is 0 Å². The summed E-state index contributed by atoms with van der Waals surface area (Å²) in [6, 6.07) is 13.3. The molecule has 0 aliphatic carbocycles. The molecule has 0 aliphatic rings. The van der Waals surface area contributed by atoms with Gasteiger partial charge in [-0.25, -0.2) is 17.2 Å². The molecule has 2 aromatic carbocycles. The van der Waals surface area contributed by atoms with Gasteiger partial charge in [0.05, 0.1) is 22.0 Å². The maximum absolute atomic E-state index is 13.9. The Labute approximate surface area is 212 Å². The summed E-state index contributed by atoms with van der Waals surface area (Å²) in [5.41, 5.74) is 2.18. The Kier molecular flexibility index (Phi) is 6.92. The fourth-order valence-electron chi connectivity index (χ4n) is 3.72. The molecule has 0 fully saturated rings. The van der Waals surface area contributed by atoms with Crippen LogP contribution >= 0.6 is 34.5 Å². The molecule has 0 radical (unpaired) electrons. The maximum atomic E-state index is 13.9. The van der Waals surface area contributed by atoms with E-state index in [1.54, 1.807) is 25.1 Å². The van der Waals surface area contributed by atoms with E-state index in [0.717, 1.165) is 20.0 Å². The predicted octanol–water partition coefficient (Wildman–Crippen LogP) is 7.29. The van der Waals surface area contributed by atoms with Gasteiger partial charge in [0.25, 0.3) is 10.0 Å². The smallest absolute Gasteiger partial charge is 0.356 e. The van der Waals surface area contributed by atoms with Crippen LogP contribution in [-0.2, 0) is 14.8 Å². The zero-order valence-corrected chi connectivity index (χ0v) is 21.8. The van der Waals surface area contributed by atoms with E-state index in [9.17, 15) is 13.2 Å². The van der Waals surface area contributed by atoms with Crippen molar-refractivity contribution in [3.05, 3.63) is 85.7 Å². The summed E-state index contributed by atoms with van der Waals surface area (Å²) in [5.74, 6) is -0.771. The van der Waals surface area contributed by atoms with Crippen molar-refractivity contribution in [2.75, 3.05) is 6.61 Å². The number of ether oxygens (including phenoxy) is 1. The predicted molar refractivity (Wildman–Crippen MR) is 140 cm³/mol. The third-order valence-corrected chi connectivity index (χ3v) is 8.53. The lowest BCUT2D eigenvalue weighted by Gasteiger charge is -2.12. The van der Waals surface area contributed by atoms with Crippen molar-refractivity contribution in [3.8, 4) is 0 Å². The first-order chi connectivity index (χ1) is 16.1. The summed E-state index contributed by atoms with van der Waals surface area (Å²) in [4.78, 5) is 14.2. The molecular formula is C25H21Cl2NO4S2. The zero-order valence-electron chi connectivity index (χ0n) is 18.6. The van der Waals surface area contributed by atoms with Crippen molar-refractivity contribution in [2.24, 2.45) is 0 Å². The zero-order chi connectivity index (χ0) is 24.6. The Hall–Kier alpha value is -2.58. The standard InChI is InChI=1S/C25H21Cl2NO4S2/c1-4-32-25(29)24-19(12-16(3)22-6-5-11-33-22)23-20(27)13-17(26)14-21(23)28(24)34(30,31)18-9-7-15(2)8-10-18/h5-14H,4H2,1-3H3/b16-12-. The van der Waals surface area contributed by atoms with Crippen LogP contribution in [0, 0.1) is 6.92 Å². The lowest BCUT2D eigenvalue weighted by atomic mass is 10.1. The Bertz CT molecular complexity index is 1520. The van der Waals surface area contributed by atoms with E-state index in [1.165, 1.54) is 35.6 Å². The van der Waals surface area contributed by atoms with Crippen LogP contribution < -0.4 is 0 Å². The van der Waals surface area contributed by atoms with E-state index >= 15 is 0 Å². The molecule has 2 aromatic heterocycles. The van der Waals surface area contributed by atoms with E-state index in [1.807, 2.05) is 31.4 Å². The summed E-state index contributed by atoms with van der Waals surface area (Å²) >= 11 is 14.4. The van der Waals surface area contributed by atoms with Crippen molar-refractivity contribution >= 4 is 73.1 Å². The second-order valence-corrected chi connectivity index (χ2v) is 11.2. The van der Waals surface area contributed by atoms with Crippen LogP contribution in [0.5, 0.6) is 0 Å². The molecule has 5 nitrogen and oxygen atoms in total. The average molecular weight is 534 g/mol. The van der Waals surface area contributed by atoms with Gasteiger partial charge in [-0.05, 0) is 68.1 Å². The van der Waals surface area contributed by atoms with Gasteiger partial charge >= 0.3 is 5.97 Å². The molecule has 0 unspecified atom stereocenters. The Morgan fingerprint density at radius 2 is 1.85 bits per heavy atom. The van der Waals surface area contributed by atoms with Crippen LogP contribution in [0.1, 0.15) is 40.3 Å². The summed E-state index contributed by atoms with van der Waals surface area (Å²) in [7, 11) is -4.21. The van der Waals surface area contributed by atoms with Gasteiger partial charge in [-0.1, -0.05) is 47.0 Å². The van der Waals surface area contributed by atoms with Gasteiger partial charge in [0.1, 0.15) is 0 Å². The van der Waals surface area contributed by atoms with E-state index in [2.05, 4.69) is 0 Å². The fourth-order valence-corrected chi connectivity index (χ4v) is 6.52. The van der Waals surface area contributed by atoms with Gasteiger partial charge in [0.15, 0.2) is 5.69 Å². The Morgan fingerprint density at radius 1 is 1.15 bits per heavy atom. The van der Waals surface area contributed by atoms with E-state index in [4.69, 9.17) is 27.9 Å². The number of carbonyl (C=O) groups is 1. The van der Waals surface area contributed by atoms with Gasteiger partial charge in [-0.15, -0.1) is 11.3 Å². The number of aromatic nitrogens is 1. The van der Waals surface area contributed by atoms with Crippen LogP contribution in [0.15, 0.2) is 58.8 Å². The van der Waals surface area contributed by atoms with Crippen molar-refractivity contribution in [1.29, 1.82) is 0 Å². The Morgan fingerprint density at radius 3 is 2.47 bits per heavy atom. The molecule has 4 aromatic rings. The van der Waals surface area contributed by atoms with Gasteiger partial charge < -0.3 is 4.74 Å². The Balaban J connectivity index is 2.15. The van der Waals surface area contributed by atoms with Crippen LogP contribution in [0.4, 0.5) is 0 Å². The number of carbonyl (C=O) groups excluding carboxylic acids is 1. The molecule has 2 heterocycles. The molecule has 9 heteroatoms. The molecule has 0 saturated heterocycles. The number of hydrogen-bond donors (Lipinski definition) is 0. The number of allylic oxidation sites excluding steroid dienone is 1. The molecule has 0 amide bonds. The summed E-state index contributed by atoms with van der Waals surface area (Å²) in [6.07, 6.45) is 1.77. The van der Waals surface area contributed by atoms with Crippen molar-refractivity contribution < 1.29 is 17.9 Å². The number of aryl methyl sites for hydroxylation is 1. The summed E-state index contributed by atoms with van der Waals surface area (Å²) in [5, 5.41) is 2.82. The second-order valence-electron chi connectivity index (χ2n) is 7.65. The van der Waals surface area contributed by atoms with Gasteiger partial charge in [-0.2, -0.15) is 0 Å². The fraction of sp³-hybridized carbons (Fsp3) is 0.160. The van der Waals surface area contributed by atoms with E-state index < -0.39 is 16.0 Å². The molecule has 0 saturated carbocycles. The number of thiophene rings is 1. The number of fused-ring (bicyclic) bond motifs is 1. The molecule has 4 rings (SSSR count). The van der Waals surface area contributed by atoms with Gasteiger partial charge in [-0.3, -0.25) is 0 Å². The molecule has 176 valence electrons. The van der Waals surface area contributed by atoms with Crippen molar-refractivity contribution in [3.63, 3.8) is 0 Å². The van der Waals surface area contributed by atoms with E-state index in [0.29, 0.717) is 10.9 Å². The minimum Gasteiger partial charge on any atom is -0.461 e. The van der Waals surface area contributed by atoms with Crippen LogP contribution in [0.2, 0.25) is 10.0 Å². The SMILES string of the molecule is CCOC(=O)c1c(/C=C(/C)c2cccs2)c2c(Cl)cc(Cl)cc2n1S(=O)(=O)c1ccc(C)cc1. The maximum Gasteiger partial charge on any atom is 0.356 e. The molecule has 0 N–H and O–H groups in total. The monoisotopic (exact) mass is 533 g/mol. The highest BCUT2D eigenvalue weighted by atomic mass is 35.5. The second kappa shape index (κ2) is 9.58. The third-order valence-electron chi connectivity index (χ3n) is 5.28. The highest BCUT2D eigenvalue weighted by Crippen LogP contribution is 2.39. The molecule has 34 heavy (non-hydrogen) atoms. The minimum atomic E-state index is -4.21. The molecule has 0 spiro atoms. The van der Waals surface area contributed by atoms with Gasteiger partial charge in [0.2, 0.25) is 0 Å². The number of benzene rings is 2. The number of hydrogen-bond acceptors (Lipinski definition) is 5. The third kappa shape index (κ3) is 4.41. The topological polar surface area (TPSA) is 65.4 Å². The average Bonchev–Trinajstić information content (AvgIpc) is 3.41. The number of rotatable bonds is 6. The lowest BCUT2D eigenvalue weighted by Crippen LogP contribution is -2.20. The largest absolute Gasteiger partial charge is 0.461 e. The number of esters is 1. The molecule has 0 atom stereocenters. The highest BCUT2D eigenvalue weighted by Gasteiger charge is 2.32. The normalized spacial score (nSPS) is 12.3. The van der Waals surface area contributed by atoms with E-state index in [-0.39, 0.29) is 32.8 Å². The van der Waals surface area contributed by atoms with Crippen LogP contribution in [-0.4, -0.2) is 25.0 Å². The quantitative estimate of drug-likeness (QED) is 0.244. The first-order valence-corrected chi connectivity index (χ1v) is 13.5. The molecular weight excluding hydrogens is 513 g/mol. The molecule has 0 bridgehead atoms. The first-order valence-electron chi connectivity index (χ1n) is 10.4. The number of nitrogens with zero attached hydrogens (tertiary/aromatic N) is 1. The summed E-state index contributed by atoms with van der Waals surface area (Å²) in [6.45, 7) is 5.49. The van der Waals surface area contributed by atoms with Crippen LogP contribution in [0.25, 0.3) is 22.6 Å². The van der Waals surface area contributed by atoms with Crippen molar-refractivity contribution in [1.82, 2.24) is 3.97 Å². The number of halogens is 2. The summed E-state index contributed by atoms with van der Waals surface area (Å²) < 4.78 is 34.1. The first kappa shape index (κ1) is 24.5. The van der Waals surface area contributed by atoms with Crippen molar-refractivity contribution in [2.45, 2.75) is 25.7 Å². The highest BCUT2D eigenvalue weighted by molar-refractivity contribution is 7.90.